The first-order valence-corrected chi connectivity index (χ1v) is 11.0. The van der Waals surface area contributed by atoms with Crippen LogP contribution in [-0.4, -0.2) is 45.3 Å². The molecular weight excluding hydrogens is 400 g/mol. The molecule has 0 bridgehead atoms. The number of sulfonamides is 1. The number of likely N-dealkylation sites (N-methyl/N-ethyl adjacent to an activating group) is 1. The molecule has 2 amide bonds. The highest BCUT2D eigenvalue weighted by atomic mass is 32.2. The second-order valence-corrected chi connectivity index (χ2v) is 9.54. The van der Waals surface area contributed by atoms with Gasteiger partial charge in [-0.15, -0.1) is 11.3 Å². The lowest BCUT2D eigenvalue weighted by Gasteiger charge is -2.22. The number of aryl methyl sites for hydroxylation is 1. The standard InChI is InChI=1S/C18H22N4O4S2/c1-11-3-5-12(6-4-11)28(25,26)21-15(23)9-20-18-16(17(19)24)13-7-8-22(2)10-14(13)27-18/h3-6,20H,7-10H2,1-2H3,(H2,19,24)(H,21,23). The van der Waals surface area contributed by atoms with E-state index in [-0.39, 0.29) is 11.4 Å². The predicted octanol–water partition coefficient (Wildman–Crippen LogP) is 1.06. The molecule has 2 heterocycles. The quantitative estimate of drug-likeness (QED) is 0.640. The highest BCUT2D eigenvalue weighted by molar-refractivity contribution is 7.90. The third-order valence-corrected chi connectivity index (χ3v) is 7.05. The summed E-state index contributed by atoms with van der Waals surface area (Å²) in [6, 6.07) is 6.19. The molecular formula is C18H22N4O4S2. The fourth-order valence-electron chi connectivity index (χ4n) is 3.04. The molecule has 8 nitrogen and oxygen atoms in total. The van der Waals surface area contributed by atoms with Gasteiger partial charge in [-0.2, -0.15) is 0 Å². The van der Waals surface area contributed by atoms with Crippen molar-refractivity contribution in [1.29, 1.82) is 0 Å². The zero-order valence-electron chi connectivity index (χ0n) is 15.6. The molecule has 0 atom stereocenters. The van der Waals surface area contributed by atoms with Gasteiger partial charge in [0, 0.05) is 18.0 Å². The minimum absolute atomic E-state index is 0.0129. The van der Waals surface area contributed by atoms with Gasteiger partial charge in [0.05, 0.1) is 17.0 Å². The first-order chi connectivity index (χ1) is 13.2. The molecule has 0 unspecified atom stereocenters. The van der Waals surface area contributed by atoms with Gasteiger partial charge in [0.1, 0.15) is 5.00 Å². The van der Waals surface area contributed by atoms with Crippen LogP contribution in [0.25, 0.3) is 0 Å². The van der Waals surface area contributed by atoms with Crippen molar-refractivity contribution in [3.63, 3.8) is 0 Å². The average molecular weight is 423 g/mol. The summed E-state index contributed by atoms with van der Waals surface area (Å²) in [6.07, 6.45) is 0.705. The zero-order valence-corrected chi connectivity index (χ0v) is 17.2. The zero-order chi connectivity index (χ0) is 20.5. The van der Waals surface area contributed by atoms with Crippen molar-refractivity contribution in [2.24, 2.45) is 5.73 Å². The lowest BCUT2D eigenvalue weighted by atomic mass is 10.0. The van der Waals surface area contributed by atoms with Crippen molar-refractivity contribution in [3.05, 3.63) is 45.8 Å². The summed E-state index contributed by atoms with van der Waals surface area (Å²) in [6.45, 7) is 3.07. The summed E-state index contributed by atoms with van der Waals surface area (Å²) in [5, 5.41) is 3.37. The lowest BCUT2D eigenvalue weighted by molar-refractivity contribution is -0.117. The minimum Gasteiger partial charge on any atom is -0.367 e. The highest BCUT2D eigenvalue weighted by Crippen LogP contribution is 2.36. The Bertz CT molecular complexity index is 1010. The van der Waals surface area contributed by atoms with E-state index in [4.69, 9.17) is 5.73 Å². The number of nitrogens with two attached hydrogens (primary N) is 1. The molecule has 1 aliphatic rings. The van der Waals surface area contributed by atoms with Gasteiger partial charge in [-0.25, -0.2) is 13.1 Å². The lowest BCUT2D eigenvalue weighted by Crippen LogP contribution is -2.35. The minimum atomic E-state index is -3.95. The molecule has 0 aliphatic carbocycles. The molecule has 0 fully saturated rings. The van der Waals surface area contributed by atoms with Crippen molar-refractivity contribution in [2.75, 3.05) is 25.5 Å². The molecule has 0 spiro atoms. The molecule has 4 N–H and O–H groups in total. The normalized spacial score (nSPS) is 14.4. The summed E-state index contributed by atoms with van der Waals surface area (Å²) in [7, 11) is -1.96. The van der Waals surface area contributed by atoms with Crippen molar-refractivity contribution in [1.82, 2.24) is 9.62 Å². The second kappa shape index (κ2) is 7.90. The number of carbonyl (C=O) groups excluding carboxylic acids is 2. The maximum Gasteiger partial charge on any atom is 0.264 e. The third kappa shape index (κ3) is 4.34. The van der Waals surface area contributed by atoms with Gasteiger partial charge in [0.15, 0.2) is 0 Å². The first-order valence-electron chi connectivity index (χ1n) is 8.66. The molecule has 1 aromatic carbocycles. The van der Waals surface area contributed by atoms with Gasteiger partial charge in [-0.1, -0.05) is 17.7 Å². The Morgan fingerprint density at radius 1 is 1.25 bits per heavy atom. The van der Waals surface area contributed by atoms with Crippen LogP contribution in [0.4, 0.5) is 5.00 Å². The van der Waals surface area contributed by atoms with E-state index in [0.29, 0.717) is 23.5 Å². The number of nitrogens with one attached hydrogen (secondary N) is 2. The van der Waals surface area contributed by atoms with Crippen LogP contribution in [0, 0.1) is 6.92 Å². The number of amides is 2. The summed E-state index contributed by atoms with van der Waals surface area (Å²) < 4.78 is 26.6. The fourth-order valence-corrected chi connectivity index (χ4v) is 5.35. The van der Waals surface area contributed by atoms with Gasteiger partial charge >= 0.3 is 0 Å². The van der Waals surface area contributed by atoms with Gasteiger partial charge in [-0.3, -0.25) is 9.59 Å². The molecule has 150 valence electrons. The van der Waals surface area contributed by atoms with E-state index >= 15 is 0 Å². The van der Waals surface area contributed by atoms with Crippen LogP contribution in [-0.2, 0) is 27.8 Å². The van der Waals surface area contributed by atoms with Crippen LogP contribution >= 0.6 is 11.3 Å². The first kappa shape index (κ1) is 20.3. The summed E-state index contributed by atoms with van der Waals surface area (Å²) in [4.78, 5) is 27.2. The fraction of sp³-hybridized carbons (Fsp3) is 0.333. The summed E-state index contributed by atoms with van der Waals surface area (Å²) in [5.41, 5.74) is 7.75. The molecule has 0 saturated heterocycles. The Morgan fingerprint density at radius 2 is 1.93 bits per heavy atom. The van der Waals surface area contributed by atoms with Crippen molar-refractivity contribution in [2.45, 2.75) is 24.8 Å². The Balaban J connectivity index is 1.71. The number of benzene rings is 1. The number of nitrogens with zero attached hydrogens (tertiary/aromatic N) is 1. The largest absolute Gasteiger partial charge is 0.367 e. The number of rotatable bonds is 6. The monoisotopic (exact) mass is 422 g/mol. The van der Waals surface area contributed by atoms with E-state index in [1.54, 1.807) is 12.1 Å². The number of primary amides is 1. The predicted molar refractivity (Wildman–Crippen MR) is 108 cm³/mol. The number of thiophene rings is 1. The molecule has 1 aromatic heterocycles. The molecule has 3 rings (SSSR count). The highest BCUT2D eigenvalue weighted by Gasteiger charge is 2.26. The maximum atomic E-state index is 12.3. The van der Waals surface area contributed by atoms with Gasteiger partial charge in [0.25, 0.3) is 21.8 Å². The molecule has 10 heteroatoms. The smallest absolute Gasteiger partial charge is 0.264 e. The third-order valence-electron chi connectivity index (χ3n) is 4.48. The molecule has 1 aliphatic heterocycles. The Hall–Kier alpha value is -2.43. The number of fused-ring (bicyclic) bond motifs is 1. The number of hydrogen-bond donors (Lipinski definition) is 3. The molecule has 2 aromatic rings. The van der Waals surface area contributed by atoms with E-state index in [2.05, 4.69) is 10.2 Å². The van der Waals surface area contributed by atoms with Gasteiger partial charge in [-0.05, 0) is 38.1 Å². The van der Waals surface area contributed by atoms with Gasteiger partial charge < -0.3 is 16.0 Å². The van der Waals surface area contributed by atoms with E-state index in [0.717, 1.165) is 22.5 Å². The maximum absolute atomic E-state index is 12.3. The van der Waals surface area contributed by atoms with Crippen LogP contribution in [0.1, 0.15) is 26.4 Å². The Labute approximate surface area is 167 Å². The SMILES string of the molecule is Cc1ccc(S(=O)(=O)NC(=O)CNc2sc3c(c2C(N)=O)CCN(C)C3)cc1. The molecule has 0 radical (unpaired) electrons. The molecule has 28 heavy (non-hydrogen) atoms. The van der Waals surface area contributed by atoms with Crippen LogP contribution in [0.3, 0.4) is 0 Å². The Morgan fingerprint density at radius 3 is 2.57 bits per heavy atom. The van der Waals surface area contributed by atoms with E-state index < -0.39 is 21.8 Å². The van der Waals surface area contributed by atoms with E-state index in [1.165, 1.54) is 23.5 Å². The van der Waals surface area contributed by atoms with Crippen molar-refractivity contribution in [3.8, 4) is 0 Å². The number of hydrogen-bond acceptors (Lipinski definition) is 7. The topological polar surface area (TPSA) is 122 Å². The van der Waals surface area contributed by atoms with E-state index in [1.807, 2.05) is 18.7 Å². The second-order valence-electron chi connectivity index (χ2n) is 6.76. The number of anilines is 1. The van der Waals surface area contributed by atoms with Crippen LogP contribution in [0.2, 0.25) is 0 Å². The van der Waals surface area contributed by atoms with Crippen LogP contribution < -0.4 is 15.8 Å². The average Bonchev–Trinajstić information content (AvgIpc) is 2.97. The van der Waals surface area contributed by atoms with Crippen molar-refractivity contribution < 1.29 is 18.0 Å². The summed E-state index contributed by atoms with van der Waals surface area (Å²) >= 11 is 1.37. The van der Waals surface area contributed by atoms with Crippen molar-refractivity contribution >= 4 is 38.2 Å². The number of carbonyl (C=O) groups is 2. The van der Waals surface area contributed by atoms with E-state index in [9.17, 15) is 18.0 Å². The summed E-state index contributed by atoms with van der Waals surface area (Å²) in [5.74, 6) is -1.28. The van der Waals surface area contributed by atoms with Gasteiger partial charge in [0.2, 0.25) is 0 Å². The Kier molecular flexibility index (Phi) is 5.73. The van der Waals surface area contributed by atoms with Crippen LogP contribution in [0.15, 0.2) is 29.2 Å². The van der Waals surface area contributed by atoms with Crippen LogP contribution in [0.5, 0.6) is 0 Å². The molecule has 0 saturated carbocycles.